The zero-order valence-corrected chi connectivity index (χ0v) is 25.7. The molecule has 1 rings (SSSR count). The summed E-state index contributed by atoms with van der Waals surface area (Å²) in [6, 6.07) is 6.47. The third-order valence-electron chi connectivity index (χ3n) is 5.82. The number of hydrogen-bond acceptors (Lipinski definition) is 11. The highest BCUT2D eigenvalue weighted by molar-refractivity contribution is 5.76. The minimum atomic E-state index is -0.745. The number of hydrogen-bond donors (Lipinski definition) is 3. The average molecular weight is 596 g/mol. The Labute approximate surface area is 249 Å². The number of ether oxygens (including phenoxy) is 6. The van der Waals surface area contributed by atoms with Gasteiger partial charge in [0, 0.05) is 6.54 Å². The minimum Gasteiger partial charge on any atom is -0.491 e. The van der Waals surface area contributed by atoms with Crippen molar-refractivity contribution in [3.63, 3.8) is 0 Å². The number of carbonyl (C=O) groups is 3. The van der Waals surface area contributed by atoms with Crippen LogP contribution in [-0.2, 0) is 39.7 Å². The predicted molar refractivity (Wildman–Crippen MR) is 158 cm³/mol. The number of esters is 2. The van der Waals surface area contributed by atoms with Gasteiger partial charge in [-0.15, -0.1) is 0 Å². The van der Waals surface area contributed by atoms with E-state index in [9.17, 15) is 14.4 Å². The molecule has 0 aliphatic carbocycles. The first kappa shape index (κ1) is 36.5. The SMILES string of the molecule is C=C(NC(CCCC(N)C(=O)OC)C(=O)OC)OCCOCCOc1ccc(CCCCNC(=O)OC(C)(C)C)cc1. The van der Waals surface area contributed by atoms with E-state index in [2.05, 4.69) is 21.9 Å². The van der Waals surface area contributed by atoms with Gasteiger partial charge in [-0.1, -0.05) is 12.1 Å². The Morgan fingerprint density at radius 3 is 2.21 bits per heavy atom. The molecule has 42 heavy (non-hydrogen) atoms. The first-order valence-corrected chi connectivity index (χ1v) is 14.2. The summed E-state index contributed by atoms with van der Waals surface area (Å²) in [7, 11) is 2.57. The zero-order chi connectivity index (χ0) is 31.4. The topological polar surface area (TPSA) is 157 Å². The van der Waals surface area contributed by atoms with E-state index in [1.54, 1.807) is 0 Å². The van der Waals surface area contributed by atoms with Crippen LogP contribution in [0.25, 0.3) is 0 Å². The standard InChI is InChI=1S/C30H49N3O9/c1-22(33-26(28(35)38-6)12-9-11-25(31)27(34)37-5)40-20-18-39-19-21-41-24-15-13-23(14-16-24)10-7-8-17-32-29(36)42-30(2,3)4/h13-16,25-26,33H,1,7-12,17-21,31H2,2-6H3,(H,32,36). The van der Waals surface area contributed by atoms with E-state index in [1.165, 1.54) is 19.8 Å². The third kappa shape index (κ3) is 17.3. The number of benzene rings is 1. The molecule has 4 N–H and O–H groups in total. The maximum Gasteiger partial charge on any atom is 0.407 e. The van der Waals surface area contributed by atoms with Crippen molar-refractivity contribution in [2.24, 2.45) is 5.73 Å². The number of amides is 1. The molecular weight excluding hydrogens is 546 g/mol. The van der Waals surface area contributed by atoms with Gasteiger partial charge in [0.25, 0.3) is 0 Å². The van der Waals surface area contributed by atoms with Crippen molar-refractivity contribution in [1.82, 2.24) is 10.6 Å². The van der Waals surface area contributed by atoms with Crippen molar-refractivity contribution < 1.29 is 42.8 Å². The number of nitrogens with one attached hydrogen (secondary N) is 2. The normalized spacial score (nSPS) is 12.4. The summed E-state index contributed by atoms with van der Waals surface area (Å²) in [6.45, 7) is 11.2. The summed E-state index contributed by atoms with van der Waals surface area (Å²) in [5.41, 5.74) is 6.44. The number of alkyl carbamates (subject to hydrolysis) is 1. The molecule has 0 spiro atoms. The molecule has 0 fully saturated rings. The fourth-order valence-corrected chi connectivity index (χ4v) is 3.69. The lowest BCUT2D eigenvalue weighted by Gasteiger charge is -2.20. The molecule has 0 aliphatic rings. The first-order chi connectivity index (χ1) is 19.9. The molecule has 0 aromatic heterocycles. The second kappa shape index (κ2) is 20.4. The van der Waals surface area contributed by atoms with E-state index >= 15 is 0 Å². The van der Waals surface area contributed by atoms with Crippen LogP contribution in [0.15, 0.2) is 36.7 Å². The molecule has 238 valence electrons. The number of aryl methyl sites for hydroxylation is 1. The fraction of sp³-hybridized carbons (Fsp3) is 0.633. The number of methoxy groups -OCH3 is 2. The van der Waals surface area contributed by atoms with Gasteiger partial charge < -0.3 is 44.8 Å². The van der Waals surface area contributed by atoms with E-state index in [0.717, 1.165) is 25.0 Å². The summed E-state index contributed by atoms with van der Waals surface area (Å²) in [5.74, 6) is -0.00484. The Morgan fingerprint density at radius 2 is 1.57 bits per heavy atom. The van der Waals surface area contributed by atoms with Gasteiger partial charge in [0.05, 0.1) is 27.4 Å². The predicted octanol–water partition coefficient (Wildman–Crippen LogP) is 3.22. The average Bonchev–Trinajstić information content (AvgIpc) is 2.94. The number of unbranched alkanes of at least 4 members (excludes halogenated alkanes) is 1. The van der Waals surface area contributed by atoms with Crippen LogP contribution in [0.2, 0.25) is 0 Å². The Balaban J connectivity index is 2.16. The summed E-state index contributed by atoms with van der Waals surface area (Å²) in [6.07, 6.45) is 3.57. The second-order valence-corrected chi connectivity index (χ2v) is 10.5. The van der Waals surface area contributed by atoms with Gasteiger partial charge in [0.15, 0.2) is 5.88 Å². The lowest BCUT2D eigenvalue weighted by atomic mass is 10.1. The highest BCUT2D eigenvalue weighted by Gasteiger charge is 2.21. The smallest absolute Gasteiger partial charge is 0.407 e. The van der Waals surface area contributed by atoms with E-state index in [0.29, 0.717) is 45.6 Å². The first-order valence-electron chi connectivity index (χ1n) is 14.2. The molecule has 0 bridgehead atoms. The van der Waals surface area contributed by atoms with Crippen molar-refractivity contribution in [2.75, 3.05) is 47.2 Å². The Bertz CT molecular complexity index is 948. The van der Waals surface area contributed by atoms with Crippen LogP contribution in [0.4, 0.5) is 4.79 Å². The largest absolute Gasteiger partial charge is 0.491 e. The van der Waals surface area contributed by atoms with Gasteiger partial charge >= 0.3 is 18.0 Å². The Kier molecular flexibility index (Phi) is 17.7. The van der Waals surface area contributed by atoms with Crippen molar-refractivity contribution in [3.8, 4) is 5.75 Å². The summed E-state index contributed by atoms with van der Waals surface area (Å²) >= 11 is 0. The highest BCUT2D eigenvalue weighted by atomic mass is 16.6. The van der Waals surface area contributed by atoms with Crippen LogP contribution >= 0.6 is 0 Å². The molecule has 0 heterocycles. The van der Waals surface area contributed by atoms with Crippen LogP contribution < -0.4 is 21.1 Å². The lowest BCUT2D eigenvalue weighted by Crippen LogP contribution is -2.38. The van der Waals surface area contributed by atoms with Gasteiger partial charge in [0.2, 0.25) is 0 Å². The third-order valence-corrected chi connectivity index (χ3v) is 5.82. The minimum absolute atomic E-state index is 0.210. The monoisotopic (exact) mass is 595 g/mol. The van der Waals surface area contributed by atoms with Crippen LogP contribution in [0.3, 0.4) is 0 Å². The van der Waals surface area contributed by atoms with Gasteiger partial charge in [-0.2, -0.15) is 0 Å². The molecule has 1 aromatic carbocycles. The molecule has 1 amide bonds. The van der Waals surface area contributed by atoms with E-state index < -0.39 is 29.6 Å². The summed E-state index contributed by atoms with van der Waals surface area (Å²) in [4.78, 5) is 35.1. The molecule has 2 atom stereocenters. The van der Waals surface area contributed by atoms with Gasteiger partial charge in [0.1, 0.15) is 36.6 Å². The van der Waals surface area contributed by atoms with Crippen LogP contribution in [-0.4, -0.2) is 82.9 Å². The van der Waals surface area contributed by atoms with Crippen molar-refractivity contribution >= 4 is 18.0 Å². The highest BCUT2D eigenvalue weighted by Crippen LogP contribution is 2.14. The maximum absolute atomic E-state index is 12.1. The zero-order valence-electron chi connectivity index (χ0n) is 25.7. The molecular formula is C30H49N3O9. The molecule has 12 heteroatoms. The fourth-order valence-electron chi connectivity index (χ4n) is 3.69. The second-order valence-electron chi connectivity index (χ2n) is 10.5. The molecule has 12 nitrogen and oxygen atoms in total. The number of nitrogens with two attached hydrogens (primary N) is 1. The van der Waals surface area contributed by atoms with Crippen LogP contribution in [0.1, 0.15) is 58.4 Å². The van der Waals surface area contributed by atoms with Gasteiger partial charge in [-0.25, -0.2) is 9.59 Å². The van der Waals surface area contributed by atoms with E-state index in [1.807, 2.05) is 45.0 Å². The van der Waals surface area contributed by atoms with E-state index in [4.69, 9.17) is 29.4 Å². The van der Waals surface area contributed by atoms with Crippen molar-refractivity contribution in [1.29, 1.82) is 0 Å². The molecule has 0 aliphatic heterocycles. The molecule has 2 unspecified atom stereocenters. The molecule has 0 saturated heterocycles. The van der Waals surface area contributed by atoms with E-state index in [-0.39, 0.29) is 18.6 Å². The Hall–Kier alpha value is -3.51. The summed E-state index contributed by atoms with van der Waals surface area (Å²) in [5, 5.41) is 5.66. The number of rotatable bonds is 21. The quantitative estimate of drug-likeness (QED) is 0.0830. The molecule has 1 aromatic rings. The Morgan fingerprint density at radius 1 is 0.905 bits per heavy atom. The molecule has 0 saturated carbocycles. The molecule has 0 radical (unpaired) electrons. The summed E-state index contributed by atoms with van der Waals surface area (Å²) < 4.78 is 31.4. The van der Waals surface area contributed by atoms with Crippen molar-refractivity contribution in [2.45, 2.75) is 77.0 Å². The van der Waals surface area contributed by atoms with Crippen LogP contribution in [0.5, 0.6) is 5.75 Å². The van der Waals surface area contributed by atoms with Gasteiger partial charge in [-0.3, -0.25) is 4.79 Å². The van der Waals surface area contributed by atoms with Crippen LogP contribution in [0, 0.1) is 0 Å². The van der Waals surface area contributed by atoms with Gasteiger partial charge in [-0.05, 0) is 83.6 Å². The van der Waals surface area contributed by atoms with Crippen molar-refractivity contribution in [3.05, 3.63) is 42.3 Å². The number of carbonyl (C=O) groups excluding carboxylic acids is 3. The lowest BCUT2D eigenvalue weighted by molar-refractivity contribution is -0.143. The maximum atomic E-state index is 12.1.